The van der Waals surface area contributed by atoms with Gasteiger partial charge in [0.05, 0.1) is 23.6 Å². The van der Waals surface area contributed by atoms with Crippen molar-refractivity contribution in [2.24, 2.45) is 13.0 Å². The van der Waals surface area contributed by atoms with Crippen molar-refractivity contribution in [3.63, 3.8) is 0 Å². The normalized spacial score (nSPS) is 23.5. The molecule has 188 valence electrons. The molecule has 35 heavy (non-hydrogen) atoms. The third-order valence-electron chi connectivity index (χ3n) is 6.50. The van der Waals surface area contributed by atoms with Gasteiger partial charge in [0, 0.05) is 60.5 Å². The zero-order chi connectivity index (χ0) is 24.8. The Labute approximate surface area is 204 Å². The number of nitrogens with one attached hydrogen (secondary N) is 1. The van der Waals surface area contributed by atoms with Crippen LogP contribution in [0.3, 0.4) is 0 Å². The maximum atomic E-state index is 13.6. The molecule has 1 saturated heterocycles. The molecule has 1 N–H and O–H groups in total. The number of piperidine rings is 1. The molecule has 3 atom stereocenters. The summed E-state index contributed by atoms with van der Waals surface area (Å²) in [7, 11) is -2.17. The Morgan fingerprint density at radius 1 is 1.23 bits per heavy atom. The molecule has 0 aliphatic carbocycles. The van der Waals surface area contributed by atoms with Crippen LogP contribution in [0, 0.1) is 5.92 Å². The number of likely N-dealkylation sites (tertiary alicyclic amines) is 1. The van der Waals surface area contributed by atoms with E-state index in [4.69, 9.17) is 4.74 Å². The topological polar surface area (TPSA) is 102 Å². The minimum atomic E-state index is -4.26. The predicted octanol–water partition coefficient (Wildman–Crippen LogP) is 3.91. The summed E-state index contributed by atoms with van der Waals surface area (Å²) < 4.78 is 79.9. The van der Waals surface area contributed by atoms with Gasteiger partial charge in [0.15, 0.2) is 0 Å². The Morgan fingerprint density at radius 2 is 2.06 bits per heavy atom. The fraction of sp³-hybridized carbons (Fsp3) is 0.476. The standard InChI is InChI=1S/C21H23F3N6O3S2/c1-29-11-13(10-26-29)18-8-14(21(22,23)24)4-6-30(18)17-5-7-33-19-9-15(2-3-16(17)19)35(31,32)28-20-25-12-27-34-20/h2-3,9-12,14,17-18H,4-8H2,1H3,(H,25,27,28)/t14?,17-,18-/m0/s1. The van der Waals surface area contributed by atoms with Crippen molar-refractivity contribution in [1.82, 2.24) is 24.0 Å². The lowest BCUT2D eigenvalue weighted by Gasteiger charge is -2.45. The molecule has 1 unspecified atom stereocenters. The number of fused-ring (bicyclic) bond motifs is 1. The third kappa shape index (κ3) is 4.86. The monoisotopic (exact) mass is 528 g/mol. The number of nitrogens with zero attached hydrogens (tertiary/aromatic N) is 5. The van der Waals surface area contributed by atoms with Gasteiger partial charge in [0.1, 0.15) is 12.1 Å². The van der Waals surface area contributed by atoms with Gasteiger partial charge >= 0.3 is 6.18 Å². The number of halogens is 3. The lowest BCUT2D eigenvalue weighted by Crippen LogP contribution is -2.44. The van der Waals surface area contributed by atoms with Gasteiger partial charge < -0.3 is 4.74 Å². The molecular formula is C21H23F3N6O3S2. The Hall–Kier alpha value is -2.71. The summed E-state index contributed by atoms with van der Waals surface area (Å²) in [6, 6.07) is 3.93. The van der Waals surface area contributed by atoms with E-state index in [1.54, 1.807) is 30.2 Å². The average Bonchev–Trinajstić information content (AvgIpc) is 3.48. The third-order valence-corrected chi connectivity index (χ3v) is 8.55. The fourth-order valence-corrected chi connectivity index (χ4v) is 6.52. The molecule has 0 spiro atoms. The van der Waals surface area contributed by atoms with E-state index in [0.29, 0.717) is 18.8 Å². The van der Waals surface area contributed by atoms with Crippen molar-refractivity contribution in [2.45, 2.75) is 42.4 Å². The number of alkyl halides is 3. The van der Waals surface area contributed by atoms with Crippen LogP contribution in [-0.2, 0) is 17.1 Å². The van der Waals surface area contributed by atoms with Crippen LogP contribution < -0.4 is 9.46 Å². The quantitative estimate of drug-likeness (QED) is 0.536. The molecule has 2 aliphatic heterocycles. The van der Waals surface area contributed by atoms with E-state index < -0.39 is 28.2 Å². The van der Waals surface area contributed by atoms with Crippen molar-refractivity contribution in [1.29, 1.82) is 0 Å². The molecule has 3 aromatic rings. The Morgan fingerprint density at radius 3 is 2.74 bits per heavy atom. The minimum Gasteiger partial charge on any atom is -0.493 e. The Kier molecular flexibility index (Phi) is 6.21. The van der Waals surface area contributed by atoms with Gasteiger partial charge in [-0.1, -0.05) is 6.07 Å². The summed E-state index contributed by atoms with van der Waals surface area (Å²) in [4.78, 5) is 5.93. The van der Waals surface area contributed by atoms with Crippen LogP contribution >= 0.6 is 11.5 Å². The lowest BCUT2D eigenvalue weighted by atomic mass is 9.84. The van der Waals surface area contributed by atoms with Crippen LogP contribution in [0.1, 0.15) is 42.5 Å². The van der Waals surface area contributed by atoms with Crippen LogP contribution in [0.25, 0.3) is 0 Å². The fourth-order valence-electron chi connectivity index (χ4n) is 4.85. The first-order valence-electron chi connectivity index (χ1n) is 11.0. The SMILES string of the molecule is Cn1cc([C@@H]2CC(C(F)(F)F)CCN2[C@H]2CCOc3cc(S(=O)(=O)Nc4ncns4)ccc32)cn1. The van der Waals surface area contributed by atoms with E-state index >= 15 is 0 Å². The molecule has 5 rings (SSSR count). The minimum absolute atomic E-state index is 0.00514. The first-order valence-corrected chi connectivity index (χ1v) is 13.2. The van der Waals surface area contributed by atoms with Gasteiger partial charge in [-0.25, -0.2) is 13.4 Å². The Balaban J connectivity index is 1.45. The van der Waals surface area contributed by atoms with E-state index in [0.717, 1.165) is 22.7 Å². The van der Waals surface area contributed by atoms with Gasteiger partial charge in [-0.05, 0) is 25.5 Å². The zero-order valence-electron chi connectivity index (χ0n) is 18.6. The lowest BCUT2D eigenvalue weighted by molar-refractivity contribution is -0.192. The van der Waals surface area contributed by atoms with Gasteiger partial charge in [0.25, 0.3) is 10.0 Å². The smallest absolute Gasteiger partial charge is 0.391 e. The predicted molar refractivity (Wildman–Crippen MR) is 121 cm³/mol. The van der Waals surface area contributed by atoms with Crippen molar-refractivity contribution in [2.75, 3.05) is 17.9 Å². The van der Waals surface area contributed by atoms with Gasteiger partial charge in [-0.2, -0.15) is 22.6 Å². The number of benzene rings is 1. The van der Waals surface area contributed by atoms with Crippen LogP contribution in [0.4, 0.5) is 18.3 Å². The zero-order valence-corrected chi connectivity index (χ0v) is 20.3. The molecule has 2 aliphatic rings. The summed E-state index contributed by atoms with van der Waals surface area (Å²) in [6.07, 6.45) is 0.894. The highest BCUT2D eigenvalue weighted by Crippen LogP contribution is 2.48. The molecule has 1 aromatic carbocycles. The van der Waals surface area contributed by atoms with E-state index in [1.807, 2.05) is 0 Å². The maximum absolute atomic E-state index is 13.6. The van der Waals surface area contributed by atoms with Crippen molar-refractivity contribution >= 4 is 26.7 Å². The highest BCUT2D eigenvalue weighted by Gasteiger charge is 2.47. The molecule has 1 fully saturated rings. The van der Waals surface area contributed by atoms with Crippen molar-refractivity contribution in [3.8, 4) is 5.75 Å². The van der Waals surface area contributed by atoms with Crippen LogP contribution in [0.5, 0.6) is 5.75 Å². The number of aromatic nitrogens is 4. The number of sulfonamides is 1. The van der Waals surface area contributed by atoms with Crippen LogP contribution in [-0.4, -0.2) is 51.8 Å². The molecule has 9 nitrogen and oxygen atoms in total. The van der Waals surface area contributed by atoms with E-state index in [9.17, 15) is 21.6 Å². The molecule has 0 amide bonds. The summed E-state index contributed by atoms with van der Waals surface area (Å²) in [5, 5.41) is 4.32. The second kappa shape index (κ2) is 9.06. The molecule has 0 radical (unpaired) electrons. The average molecular weight is 529 g/mol. The number of hydrogen-bond donors (Lipinski definition) is 1. The largest absolute Gasteiger partial charge is 0.493 e. The number of rotatable bonds is 5. The van der Waals surface area contributed by atoms with E-state index in [2.05, 4.69) is 24.1 Å². The second-order valence-electron chi connectivity index (χ2n) is 8.67. The van der Waals surface area contributed by atoms with Crippen molar-refractivity contribution < 1.29 is 26.3 Å². The number of ether oxygens (including phenoxy) is 1. The molecular weight excluding hydrogens is 505 g/mol. The summed E-state index contributed by atoms with van der Waals surface area (Å²) in [5.41, 5.74) is 1.49. The highest BCUT2D eigenvalue weighted by atomic mass is 32.2. The molecule has 2 aromatic heterocycles. The molecule has 14 heteroatoms. The van der Waals surface area contributed by atoms with E-state index in [1.165, 1.54) is 18.5 Å². The van der Waals surface area contributed by atoms with Gasteiger partial charge in [-0.15, -0.1) is 0 Å². The molecule has 0 saturated carbocycles. The number of anilines is 1. The van der Waals surface area contributed by atoms with Crippen LogP contribution in [0.2, 0.25) is 0 Å². The summed E-state index contributed by atoms with van der Waals surface area (Å²) in [5.74, 6) is -0.980. The number of hydrogen-bond acceptors (Lipinski definition) is 8. The van der Waals surface area contributed by atoms with Crippen LogP contribution in [0.15, 0.2) is 41.8 Å². The Bertz CT molecular complexity index is 1300. The maximum Gasteiger partial charge on any atom is 0.391 e. The van der Waals surface area contributed by atoms with E-state index in [-0.39, 0.29) is 35.5 Å². The van der Waals surface area contributed by atoms with Gasteiger partial charge in [-0.3, -0.25) is 14.3 Å². The summed E-state index contributed by atoms with van der Waals surface area (Å²) in [6.45, 7) is 0.580. The second-order valence-corrected chi connectivity index (χ2v) is 11.1. The summed E-state index contributed by atoms with van der Waals surface area (Å²) >= 11 is 0.918. The van der Waals surface area contributed by atoms with Gasteiger partial charge in [0.2, 0.25) is 5.13 Å². The number of aryl methyl sites for hydroxylation is 1. The highest BCUT2D eigenvalue weighted by molar-refractivity contribution is 7.93. The molecule has 4 heterocycles. The van der Waals surface area contributed by atoms with Crippen molar-refractivity contribution in [3.05, 3.63) is 48.0 Å². The first-order chi connectivity index (χ1) is 16.6. The molecule has 0 bridgehead atoms. The first kappa shape index (κ1) is 24.0.